The van der Waals surface area contributed by atoms with Crippen molar-refractivity contribution >= 4 is 27.8 Å². The summed E-state index contributed by atoms with van der Waals surface area (Å²) >= 11 is 0. The minimum Gasteiger partial charge on any atom is -0.397 e. The Balaban J connectivity index is 1.51. The van der Waals surface area contributed by atoms with Gasteiger partial charge in [0.05, 0.1) is 22.1 Å². The molecule has 0 spiro atoms. The van der Waals surface area contributed by atoms with Gasteiger partial charge in [0.1, 0.15) is 5.69 Å². The van der Waals surface area contributed by atoms with E-state index in [-0.39, 0.29) is 0 Å². The standard InChI is InChI=1S/C23H16N8/c24-16-8-14(10-26-12-16)15-9-18-21(30-31-22(18)27-11-15)23-28-19-3-1-2-17(20(19)29-23)13-4-6-25-7-5-13/h1-12H,24H2,(H,28,29)(H,27,30,31). The Hall–Kier alpha value is -4.59. The van der Waals surface area contributed by atoms with Crippen molar-refractivity contribution < 1.29 is 0 Å². The van der Waals surface area contributed by atoms with Gasteiger partial charge in [-0.2, -0.15) is 5.10 Å². The number of fused-ring (bicyclic) bond motifs is 2. The van der Waals surface area contributed by atoms with E-state index in [2.05, 4.69) is 36.2 Å². The number of hydrogen-bond donors (Lipinski definition) is 3. The normalized spacial score (nSPS) is 11.4. The summed E-state index contributed by atoms with van der Waals surface area (Å²) in [4.78, 5) is 21.1. The molecule has 5 aromatic heterocycles. The van der Waals surface area contributed by atoms with Crippen molar-refractivity contribution in [3.05, 3.63) is 73.4 Å². The SMILES string of the molecule is Nc1cncc(-c2cnc3[nH]nc(-c4nc5c(-c6ccncc6)cccc5[nH]4)c3c2)c1. The Kier molecular flexibility index (Phi) is 3.76. The predicted octanol–water partition coefficient (Wildman–Crippen LogP) is 4.21. The quantitative estimate of drug-likeness (QED) is 0.406. The molecule has 1 aromatic carbocycles. The molecule has 0 fully saturated rings. The van der Waals surface area contributed by atoms with Crippen LogP contribution >= 0.6 is 0 Å². The molecule has 148 valence electrons. The Morgan fingerprint density at radius 3 is 2.58 bits per heavy atom. The summed E-state index contributed by atoms with van der Waals surface area (Å²) in [6.07, 6.45) is 8.72. The van der Waals surface area contributed by atoms with Crippen LogP contribution in [0.3, 0.4) is 0 Å². The maximum Gasteiger partial charge on any atom is 0.159 e. The lowest BCUT2D eigenvalue weighted by molar-refractivity contribution is 1.09. The van der Waals surface area contributed by atoms with Gasteiger partial charge in [-0.25, -0.2) is 9.97 Å². The number of benzene rings is 1. The van der Waals surface area contributed by atoms with Crippen molar-refractivity contribution in [1.82, 2.24) is 35.1 Å². The van der Waals surface area contributed by atoms with Gasteiger partial charge in [0.2, 0.25) is 0 Å². The third-order valence-electron chi connectivity index (χ3n) is 5.24. The number of nitrogen functional groups attached to an aromatic ring is 1. The maximum atomic E-state index is 5.89. The van der Waals surface area contributed by atoms with Gasteiger partial charge in [0, 0.05) is 47.7 Å². The molecule has 5 heterocycles. The molecule has 8 nitrogen and oxygen atoms in total. The van der Waals surface area contributed by atoms with E-state index in [1.165, 1.54) is 0 Å². The highest BCUT2D eigenvalue weighted by Crippen LogP contribution is 2.32. The molecule has 0 amide bonds. The van der Waals surface area contributed by atoms with Crippen LogP contribution in [0.5, 0.6) is 0 Å². The highest BCUT2D eigenvalue weighted by Gasteiger charge is 2.16. The Morgan fingerprint density at radius 2 is 1.71 bits per heavy atom. The number of aromatic amines is 2. The summed E-state index contributed by atoms with van der Waals surface area (Å²) in [5, 5.41) is 8.35. The van der Waals surface area contributed by atoms with Crippen molar-refractivity contribution in [2.24, 2.45) is 0 Å². The zero-order valence-corrected chi connectivity index (χ0v) is 16.2. The lowest BCUT2D eigenvalue weighted by Crippen LogP contribution is -1.89. The van der Waals surface area contributed by atoms with Crippen LogP contribution in [0.1, 0.15) is 0 Å². The molecule has 0 aliphatic rings. The summed E-state index contributed by atoms with van der Waals surface area (Å²) in [5.74, 6) is 0.674. The summed E-state index contributed by atoms with van der Waals surface area (Å²) in [6, 6.07) is 13.9. The van der Waals surface area contributed by atoms with Crippen LogP contribution in [0.4, 0.5) is 5.69 Å². The van der Waals surface area contributed by atoms with Gasteiger partial charge in [-0.05, 0) is 35.9 Å². The second-order valence-electron chi connectivity index (χ2n) is 7.22. The second-order valence-corrected chi connectivity index (χ2v) is 7.22. The van der Waals surface area contributed by atoms with E-state index in [0.717, 1.165) is 38.7 Å². The topological polar surface area (TPSA) is 122 Å². The lowest BCUT2D eigenvalue weighted by atomic mass is 10.1. The number of pyridine rings is 3. The average Bonchev–Trinajstić information content (AvgIpc) is 3.43. The first kappa shape index (κ1) is 17.3. The average molecular weight is 404 g/mol. The molecule has 0 aliphatic carbocycles. The summed E-state index contributed by atoms with van der Waals surface area (Å²) in [6.45, 7) is 0. The van der Waals surface area contributed by atoms with E-state index >= 15 is 0 Å². The van der Waals surface area contributed by atoms with Crippen LogP contribution in [0.2, 0.25) is 0 Å². The Morgan fingerprint density at radius 1 is 0.839 bits per heavy atom. The molecule has 0 bridgehead atoms. The fraction of sp³-hybridized carbons (Fsp3) is 0. The van der Waals surface area contributed by atoms with Crippen molar-refractivity contribution in [3.63, 3.8) is 0 Å². The van der Waals surface area contributed by atoms with E-state index < -0.39 is 0 Å². The monoisotopic (exact) mass is 404 g/mol. The number of nitrogens with one attached hydrogen (secondary N) is 2. The molecule has 0 saturated heterocycles. The molecule has 0 aliphatic heterocycles. The molecule has 0 unspecified atom stereocenters. The van der Waals surface area contributed by atoms with Crippen LogP contribution in [-0.2, 0) is 0 Å². The van der Waals surface area contributed by atoms with E-state index in [1.54, 1.807) is 31.0 Å². The molecule has 4 N–H and O–H groups in total. The zero-order valence-electron chi connectivity index (χ0n) is 16.2. The highest BCUT2D eigenvalue weighted by atomic mass is 15.2. The van der Waals surface area contributed by atoms with Crippen molar-refractivity contribution in [1.29, 1.82) is 0 Å². The van der Waals surface area contributed by atoms with Gasteiger partial charge in [-0.1, -0.05) is 12.1 Å². The van der Waals surface area contributed by atoms with E-state index in [4.69, 9.17) is 10.7 Å². The molecule has 6 rings (SSSR count). The maximum absolute atomic E-state index is 5.89. The molecular weight excluding hydrogens is 388 g/mol. The van der Waals surface area contributed by atoms with Gasteiger partial charge in [-0.15, -0.1) is 0 Å². The molecule has 0 radical (unpaired) electrons. The fourth-order valence-corrected chi connectivity index (χ4v) is 3.77. The molecular formula is C23H16N8. The minimum absolute atomic E-state index is 0.603. The molecule has 0 atom stereocenters. The van der Waals surface area contributed by atoms with Crippen LogP contribution in [0, 0.1) is 0 Å². The second kappa shape index (κ2) is 6.74. The third-order valence-corrected chi connectivity index (χ3v) is 5.24. The summed E-state index contributed by atoms with van der Waals surface area (Å²) < 4.78 is 0. The first-order chi connectivity index (χ1) is 15.3. The molecule has 31 heavy (non-hydrogen) atoms. The number of anilines is 1. The summed E-state index contributed by atoms with van der Waals surface area (Å²) in [5.41, 5.74) is 13.6. The number of hydrogen-bond acceptors (Lipinski definition) is 6. The fourth-order valence-electron chi connectivity index (χ4n) is 3.77. The predicted molar refractivity (Wildman–Crippen MR) is 120 cm³/mol. The highest BCUT2D eigenvalue weighted by molar-refractivity contribution is 5.97. The van der Waals surface area contributed by atoms with Crippen LogP contribution in [0.15, 0.2) is 73.4 Å². The number of imidazole rings is 1. The Labute approximate surface area is 176 Å². The Bertz CT molecular complexity index is 1550. The number of aromatic nitrogens is 7. The first-order valence-electron chi connectivity index (χ1n) is 9.71. The number of nitrogens with two attached hydrogens (primary N) is 1. The number of rotatable bonds is 3. The van der Waals surface area contributed by atoms with Crippen LogP contribution in [-0.4, -0.2) is 35.1 Å². The molecule has 0 saturated carbocycles. The van der Waals surface area contributed by atoms with Gasteiger partial charge in [-0.3, -0.25) is 15.1 Å². The van der Waals surface area contributed by atoms with E-state index in [0.29, 0.717) is 22.9 Å². The van der Waals surface area contributed by atoms with Crippen molar-refractivity contribution in [2.75, 3.05) is 5.73 Å². The number of para-hydroxylation sites is 1. The minimum atomic E-state index is 0.603. The van der Waals surface area contributed by atoms with Crippen molar-refractivity contribution in [3.8, 4) is 33.8 Å². The van der Waals surface area contributed by atoms with Crippen LogP contribution in [0.25, 0.3) is 55.8 Å². The van der Waals surface area contributed by atoms with Gasteiger partial charge >= 0.3 is 0 Å². The number of H-pyrrole nitrogens is 2. The third kappa shape index (κ3) is 2.89. The van der Waals surface area contributed by atoms with Gasteiger partial charge < -0.3 is 10.7 Å². The van der Waals surface area contributed by atoms with Crippen LogP contribution < -0.4 is 5.73 Å². The smallest absolute Gasteiger partial charge is 0.159 e. The zero-order chi connectivity index (χ0) is 20.8. The first-order valence-corrected chi connectivity index (χ1v) is 9.71. The van der Waals surface area contributed by atoms with Gasteiger partial charge in [0.15, 0.2) is 11.5 Å². The number of nitrogens with zero attached hydrogens (tertiary/aromatic N) is 5. The summed E-state index contributed by atoms with van der Waals surface area (Å²) in [7, 11) is 0. The molecule has 6 aromatic rings. The molecule has 8 heteroatoms. The largest absolute Gasteiger partial charge is 0.397 e. The van der Waals surface area contributed by atoms with E-state index in [9.17, 15) is 0 Å². The van der Waals surface area contributed by atoms with Crippen molar-refractivity contribution in [2.45, 2.75) is 0 Å². The lowest BCUT2D eigenvalue weighted by Gasteiger charge is -2.02. The van der Waals surface area contributed by atoms with E-state index in [1.807, 2.05) is 36.4 Å². The van der Waals surface area contributed by atoms with Gasteiger partial charge in [0.25, 0.3) is 0 Å².